The van der Waals surface area contributed by atoms with Gasteiger partial charge in [-0.15, -0.1) is 0 Å². The third-order valence-corrected chi connectivity index (χ3v) is 4.85. The Balaban J connectivity index is 1.96. The van der Waals surface area contributed by atoms with Gasteiger partial charge in [0.25, 0.3) is 0 Å². The molecule has 5 heteroatoms. The number of rotatable bonds is 3. The highest BCUT2D eigenvalue weighted by molar-refractivity contribution is 5.84. The minimum atomic E-state index is -0.544. The second-order valence-electron chi connectivity index (χ2n) is 6.40. The number of amides is 2. The van der Waals surface area contributed by atoms with Gasteiger partial charge >= 0.3 is 0 Å². The van der Waals surface area contributed by atoms with Crippen molar-refractivity contribution in [2.45, 2.75) is 39.0 Å². The van der Waals surface area contributed by atoms with Crippen LogP contribution in [0.3, 0.4) is 0 Å². The van der Waals surface area contributed by atoms with Crippen LogP contribution in [0.15, 0.2) is 0 Å². The van der Waals surface area contributed by atoms with E-state index in [1.54, 1.807) is 0 Å². The lowest BCUT2D eigenvalue weighted by atomic mass is 9.80. The standard InChI is InChI=1S/C14H25N3O2/c1-14(13(16)19)5-6-17(9-14)12(18)11-4-2-3-10(7-11)8-15/h10-11H,2-9,15H2,1H3,(H2,16,19). The smallest absolute Gasteiger partial charge is 0.225 e. The summed E-state index contributed by atoms with van der Waals surface area (Å²) in [6.07, 6.45) is 4.76. The molecule has 1 saturated carbocycles. The summed E-state index contributed by atoms with van der Waals surface area (Å²) in [5.74, 6) is 0.472. The van der Waals surface area contributed by atoms with Crippen molar-refractivity contribution in [1.82, 2.24) is 4.90 Å². The van der Waals surface area contributed by atoms with Crippen LogP contribution in [0, 0.1) is 17.3 Å². The molecule has 0 bridgehead atoms. The lowest BCUT2D eigenvalue weighted by molar-refractivity contribution is -0.136. The van der Waals surface area contributed by atoms with Crippen LogP contribution in [0.2, 0.25) is 0 Å². The Morgan fingerprint density at radius 3 is 2.68 bits per heavy atom. The summed E-state index contributed by atoms with van der Waals surface area (Å²) in [5.41, 5.74) is 10.6. The molecule has 0 spiro atoms. The van der Waals surface area contributed by atoms with Gasteiger partial charge in [-0.3, -0.25) is 9.59 Å². The van der Waals surface area contributed by atoms with Crippen LogP contribution in [0.5, 0.6) is 0 Å². The van der Waals surface area contributed by atoms with E-state index in [4.69, 9.17) is 11.5 Å². The minimum absolute atomic E-state index is 0.0949. The van der Waals surface area contributed by atoms with Gasteiger partial charge in [-0.05, 0) is 45.1 Å². The lowest BCUT2D eigenvalue weighted by Crippen LogP contribution is -2.41. The third-order valence-electron chi connectivity index (χ3n) is 4.85. The first kappa shape index (κ1) is 14.3. The van der Waals surface area contributed by atoms with E-state index in [9.17, 15) is 9.59 Å². The first-order chi connectivity index (χ1) is 8.96. The molecule has 3 unspecified atom stereocenters. The van der Waals surface area contributed by atoms with Gasteiger partial charge in [-0.25, -0.2) is 0 Å². The average Bonchev–Trinajstić information content (AvgIpc) is 2.82. The summed E-state index contributed by atoms with van der Waals surface area (Å²) in [6, 6.07) is 0. The monoisotopic (exact) mass is 267 g/mol. The Hall–Kier alpha value is -1.10. The molecular formula is C14H25N3O2. The van der Waals surface area contributed by atoms with Gasteiger partial charge in [0, 0.05) is 19.0 Å². The quantitative estimate of drug-likeness (QED) is 0.779. The number of carbonyl (C=O) groups is 2. The molecule has 5 nitrogen and oxygen atoms in total. The molecule has 3 atom stereocenters. The molecule has 4 N–H and O–H groups in total. The summed E-state index contributed by atoms with van der Waals surface area (Å²) < 4.78 is 0. The van der Waals surface area contributed by atoms with E-state index in [1.807, 2.05) is 11.8 Å². The molecular weight excluding hydrogens is 242 g/mol. The number of nitrogens with zero attached hydrogens (tertiary/aromatic N) is 1. The van der Waals surface area contributed by atoms with Crippen molar-refractivity contribution in [2.75, 3.05) is 19.6 Å². The highest BCUT2D eigenvalue weighted by atomic mass is 16.2. The minimum Gasteiger partial charge on any atom is -0.369 e. The number of likely N-dealkylation sites (tertiary alicyclic amines) is 1. The van der Waals surface area contributed by atoms with Crippen molar-refractivity contribution >= 4 is 11.8 Å². The largest absolute Gasteiger partial charge is 0.369 e. The maximum Gasteiger partial charge on any atom is 0.225 e. The molecule has 0 aromatic rings. The second-order valence-corrected chi connectivity index (χ2v) is 6.40. The summed E-state index contributed by atoms with van der Waals surface area (Å²) in [5, 5.41) is 0. The van der Waals surface area contributed by atoms with Gasteiger partial charge < -0.3 is 16.4 Å². The number of nitrogens with two attached hydrogens (primary N) is 2. The summed E-state index contributed by atoms with van der Waals surface area (Å²) in [4.78, 5) is 25.8. The molecule has 0 aromatic carbocycles. The van der Waals surface area contributed by atoms with Crippen molar-refractivity contribution in [1.29, 1.82) is 0 Å². The first-order valence-electron chi connectivity index (χ1n) is 7.25. The fraction of sp³-hybridized carbons (Fsp3) is 0.857. The molecule has 1 heterocycles. The Bertz CT molecular complexity index is 372. The molecule has 2 rings (SSSR count). The average molecular weight is 267 g/mol. The molecule has 2 fully saturated rings. The number of primary amides is 1. The molecule has 1 aliphatic carbocycles. The zero-order valence-electron chi connectivity index (χ0n) is 11.7. The molecule has 2 amide bonds. The molecule has 19 heavy (non-hydrogen) atoms. The van der Waals surface area contributed by atoms with E-state index in [0.29, 0.717) is 32.0 Å². The zero-order chi connectivity index (χ0) is 14.0. The third kappa shape index (κ3) is 2.91. The van der Waals surface area contributed by atoms with Crippen LogP contribution in [0.25, 0.3) is 0 Å². The van der Waals surface area contributed by atoms with Gasteiger partial charge in [0.1, 0.15) is 0 Å². The van der Waals surface area contributed by atoms with E-state index in [2.05, 4.69) is 0 Å². The van der Waals surface area contributed by atoms with Crippen molar-refractivity contribution in [3.63, 3.8) is 0 Å². The number of hydrogen-bond acceptors (Lipinski definition) is 3. The summed E-state index contributed by atoms with van der Waals surface area (Å²) in [7, 11) is 0. The van der Waals surface area contributed by atoms with Gasteiger partial charge in [-0.1, -0.05) is 6.42 Å². The predicted octanol–water partition coefficient (Wildman–Crippen LogP) is 0.475. The van der Waals surface area contributed by atoms with Gasteiger partial charge in [-0.2, -0.15) is 0 Å². The van der Waals surface area contributed by atoms with Crippen LogP contribution in [0.4, 0.5) is 0 Å². The summed E-state index contributed by atoms with van der Waals surface area (Å²) >= 11 is 0. The first-order valence-corrected chi connectivity index (χ1v) is 7.25. The second kappa shape index (κ2) is 5.49. The highest BCUT2D eigenvalue weighted by Crippen LogP contribution is 2.34. The van der Waals surface area contributed by atoms with Crippen molar-refractivity contribution in [3.8, 4) is 0 Å². The Kier molecular flexibility index (Phi) is 4.13. The molecule has 1 aliphatic heterocycles. The van der Waals surface area contributed by atoms with E-state index in [-0.39, 0.29) is 17.7 Å². The van der Waals surface area contributed by atoms with Crippen LogP contribution in [-0.4, -0.2) is 36.3 Å². The molecule has 0 aromatic heterocycles. The number of hydrogen-bond donors (Lipinski definition) is 2. The molecule has 2 aliphatic rings. The van der Waals surface area contributed by atoms with Crippen molar-refractivity contribution in [3.05, 3.63) is 0 Å². The molecule has 0 radical (unpaired) electrons. The SMILES string of the molecule is CC1(C(N)=O)CCN(C(=O)C2CCCC(CN)C2)C1. The highest BCUT2D eigenvalue weighted by Gasteiger charge is 2.42. The Morgan fingerprint density at radius 1 is 1.37 bits per heavy atom. The molecule has 1 saturated heterocycles. The maximum absolute atomic E-state index is 12.5. The zero-order valence-corrected chi connectivity index (χ0v) is 11.7. The van der Waals surface area contributed by atoms with Gasteiger partial charge in [0.15, 0.2) is 0 Å². The topological polar surface area (TPSA) is 89.4 Å². The van der Waals surface area contributed by atoms with E-state index in [0.717, 1.165) is 25.7 Å². The van der Waals surface area contributed by atoms with Crippen LogP contribution in [-0.2, 0) is 9.59 Å². The van der Waals surface area contributed by atoms with Crippen LogP contribution in [0.1, 0.15) is 39.0 Å². The van der Waals surface area contributed by atoms with E-state index in [1.165, 1.54) is 0 Å². The Morgan fingerprint density at radius 2 is 2.11 bits per heavy atom. The van der Waals surface area contributed by atoms with Crippen LogP contribution >= 0.6 is 0 Å². The fourth-order valence-electron chi connectivity index (χ4n) is 3.34. The van der Waals surface area contributed by atoms with E-state index < -0.39 is 5.41 Å². The van der Waals surface area contributed by atoms with Crippen molar-refractivity contribution in [2.24, 2.45) is 28.7 Å². The van der Waals surface area contributed by atoms with Gasteiger partial charge in [0.05, 0.1) is 5.41 Å². The van der Waals surface area contributed by atoms with Gasteiger partial charge in [0.2, 0.25) is 11.8 Å². The fourth-order valence-corrected chi connectivity index (χ4v) is 3.34. The number of carbonyl (C=O) groups excluding carboxylic acids is 2. The Labute approximate surface area is 114 Å². The van der Waals surface area contributed by atoms with Crippen LogP contribution < -0.4 is 11.5 Å². The molecule has 108 valence electrons. The predicted molar refractivity (Wildman–Crippen MR) is 73.0 cm³/mol. The normalized spacial score (nSPS) is 35.4. The van der Waals surface area contributed by atoms with Crippen molar-refractivity contribution < 1.29 is 9.59 Å². The maximum atomic E-state index is 12.5. The lowest BCUT2D eigenvalue weighted by Gasteiger charge is -2.31. The van der Waals surface area contributed by atoms with E-state index >= 15 is 0 Å². The summed E-state index contributed by atoms with van der Waals surface area (Å²) in [6.45, 7) is 3.65.